The Bertz CT molecular complexity index is 244. The van der Waals surface area contributed by atoms with E-state index in [2.05, 4.69) is 24.9 Å². The fourth-order valence-corrected chi connectivity index (χ4v) is 3.55. The van der Waals surface area contributed by atoms with Crippen molar-refractivity contribution in [2.45, 2.75) is 70.8 Å². The van der Waals surface area contributed by atoms with Crippen molar-refractivity contribution in [3.8, 4) is 0 Å². The van der Waals surface area contributed by atoms with Crippen molar-refractivity contribution in [2.75, 3.05) is 6.54 Å². The van der Waals surface area contributed by atoms with E-state index in [9.17, 15) is 0 Å². The predicted octanol–water partition coefficient (Wildman–Crippen LogP) is 4.54. The highest BCUT2D eigenvalue weighted by Gasteiger charge is 2.30. The van der Waals surface area contributed by atoms with Crippen LogP contribution in [0.1, 0.15) is 64.7 Å². The number of rotatable bonds is 8. The quantitative estimate of drug-likeness (QED) is 0.492. The second-order valence-electron chi connectivity index (χ2n) is 6.51. The van der Waals surface area contributed by atoms with E-state index in [4.69, 9.17) is 0 Å². The first-order valence-corrected chi connectivity index (χ1v) is 8.17. The van der Waals surface area contributed by atoms with Crippen LogP contribution in [0.15, 0.2) is 12.7 Å². The molecule has 0 radical (unpaired) electrons. The van der Waals surface area contributed by atoms with Crippen LogP contribution in [0.2, 0.25) is 0 Å². The fourth-order valence-electron chi connectivity index (χ4n) is 3.55. The number of hydrogen-bond acceptors (Lipinski definition) is 1. The summed E-state index contributed by atoms with van der Waals surface area (Å²) in [7, 11) is 0. The minimum absolute atomic E-state index is 0.878. The first-order valence-electron chi connectivity index (χ1n) is 8.17. The van der Waals surface area contributed by atoms with Crippen LogP contribution in [0.4, 0.5) is 0 Å². The third-order valence-electron chi connectivity index (χ3n) is 5.06. The smallest absolute Gasteiger partial charge is 0.00683 e. The van der Waals surface area contributed by atoms with Gasteiger partial charge in [-0.25, -0.2) is 0 Å². The molecule has 1 N–H and O–H groups in total. The average Bonchev–Trinajstić information content (AvgIpc) is 3.21. The zero-order chi connectivity index (χ0) is 12.8. The Hall–Kier alpha value is -0.300. The highest BCUT2D eigenvalue weighted by atomic mass is 14.9. The molecule has 0 aliphatic heterocycles. The molecule has 18 heavy (non-hydrogen) atoms. The highest BCUT2D eigenvalue weighted by molar-refractivity contribution is 4.86. The van der Waals surface area contributed by atoms with Gasteiger partial charge in [0.2, 0.25) is 0 Å². The van der Waals surface area contributed by atoms with E-state index in [0.717, 1.165) is 23.8 Å². The average molecular weight is 249 g/mol. The van der Waals surface area contributed by atoms with Gasteiger partial charge < -0.3 is 5.32 Å². The molecule has 0 amide bonds. The number of unbranched alkanes of at least 4 members (excludes halogenated alkanes) is 1. The van der Waals surface area contributed by atoms with Crippen LogP contribution in [0.3, 0.4) is 0 Å². The lowest BCUT2D eigenvalue weighted by Crippen LogP contribution is -2.34. The molecule has 0 aromatic heterocycles. The van der Waals surface area contributed by atoms with Crippen LogP contribution in [-0.4, -0.2) is 12.6 Å². The van der Waals surface area contributed by atoms with Crippen molar-refractivity contribution >= 4 is 0 Å². The van der Waals surface area contributed by atoms with Crippen molar-refractivity contribution in [1.29, 1.82) is 0 Å². The predicted molar refractivity (Wildman–Crippen MR) is 79.7 cm³/mol. The SMILES string of the molecule is C=CCCCC1CC(CC)CCC1CNC1CC1. The Morgan fingerprint density at radius 2 is 2.00 bits per heavy atom. The molecule has 0 aromatic carbocycles. The summed E-state index contributed by atoms with van der Waals surface area (Å²) in [5, 5.41) is 3.76. The summed E-state index contributed by atoms with van der Waals surface area (Å²) < 4.78 is 0. The third-order valence-corrected chi connectivity index (χ3v) is 5.06. The van der Waals surface area contributed by atoms with Crippen LogP contribution >= 0.6 is 0 Å². The van der Waals surface area contributed by atoms with Gasteiger partial charge in [-0.15, -0.1) is 6.58 Å². The maximum absolute atomic E-state index is 3.85. The Morgan fingerprint density at radius 3 is 2.67 bits per heavy atom. The maximum atomic E-state index is 3.85. The zero-order valence-electron chi connectivity index (χ0n) is 12.2. The minimum Gasteiger partial charge on any atom is -0.314 e. The minimum atomic E-state index is 0.878. The molecule has 2 rings (SSSR count). The second kappa shape index (κ2) is 7.33. The van der Waals surface area contributed by atoms with E-state index in [1.165, 1.54) is 64.3 Å². The molecule has 2 aliphatic rings. The maximum Gasteiger partial charge on any atom is 0.00683 e. The van der Waals surface area contributed by atoms with Crippen LogP contribution < -0.4 is 5.32 Å². The third kappa shape index (κ3) is 4.42. The first-order chi connectivity index (χ1) is 8.83. The molecule has 3 unspecified atom stereocenters. The van der Waals surface area contributed by atoms with Gasteiger partial charge in [0.15, 0.2) is 0 Å². The van der Waals surface area contributed by atoms with Gasteiger partial charge in [0.05, 0.1) is 0 Å². The van der Waals surface area contributed by atoms with Crippen molar-refractivity contribution in [3.05, 3.63) is 12.7 Å². The highest BCUT2D eigenvalue weighted by Crippen LogP contribution is 2.38. The van der Waals surface area contributed by atoms with Gasteiger partial charge in [-0.1, -0.05) is 25.8 Å². The molecule has 2 aliphatic carbocycles. The first kappa shape index (κ1) is 14.1. The largest absolute Gasteiger partial charge is 0.314 e. The fraction of sp³-hybridized carbons (Fsp3) is 0.882. The summed E-state index contributed by atoms with van der Waals surface area (Å²) in [6.45, 7) is 7.51. The Labute approximate surface area is 113 Å². The summed E-state index contributed by atoms with van der Waals surface area (Å²) in [6, 6.07) is 0.878. The molecule has 0 saturated heterocycles. The summed E-state index contributed by atoms with van der Waals surface area (Å²) >= 11 is 0. The summed E-state index contributed by atoms with van der Waals surface area (Å²) in [4.78, 5) is 0. The van der Waals surface area contributed by atoms with Crippen molar-refractivity contribution in [3.63, 3.8) is 0 Å². The van der Waals surface area contributed by atoms with Crippen LogP contribution in [-0.2, 0) is 0 Å². The molecule has 0 spiro atoms. The van der Waals surface area contributed by atoms with Crippen LogP contribution in [0.25, 0.3) is 0 Å². The molecule has 1 nitrogen and oxygen atoms in total. The van der Waals surface area contributed by atoms with Gasteiger partial charge in [-0.3, -0.25) is 0 Å². The molecule has 0 heterocycles. The van der Waals surface area contributed by atoms with E-state index in [1.807, 2.05) is 0 Å². The Kier molecular flexibility index (Phi) is 5.75. The van der Waals surface area contributed by atoms with Gasteiger partial charge in [-0.05, 0) is 69.2 Å². The van der Waals surface area contributed by atoms with Gasteiger partial charge in [0, 0.05) is 6.04 Å². The summed E-state index contributed by atoms with van der Waals surface area (Å²) in [5.74, 6) is 2.95. The second-order valence-corrected chi connectivity index (χ2v) is 6.51. The molecule has 0 aromatic rings. The van der Waals surface area contributed by atoms with Crippen molar-refractivity contribution < 1.29 is 0 Å². The van der Waals surface area contributed by atoms with E-state index < -0.39 is 0 Å². The zero-order valence-corrected chi connectivity index (χ0v) is 12.2. The summed E-state index contributed by atoms with van der Waals surface area (Å²) in [5.41, 5.74) is 0. The van der Waals surface area contributed by atoms with E-state index in [0.29, 0.717) is 0 Å². The lowest BCUT2D eigenvalue weighted by atomic mass is 9.71. The number of nitrogens with one attached hydrogen (secondary N) is 1. The van der Waals surface area contributed by atoms with Gasteiger partial charge in [0.25, 0.3) is 0 Å². The van der Waals surface area contributed by atoms with Crippen LogP contribution in [0, 0.1) is 17.8 Å². The number of allylic oxidation sites excluding steroid dienone is 1. The summed E-state index contributed by atoms with van der Waals surface area (Å²) in [6.07, 6.45) is 14.7. The molecule has 2 saturated carbocycles. The Balaban J connectivity index is 1.77. The topological polar surface area (TPSA) is 12.0 Å². The van der Waals surface area contributed by atoms with E-state index in [1.54, 1.807) is 0 Å². The van der Waals surface area contributed by atoms with Gasteiger partial charge in [0.1, 0.15) is 0 Å². The molecule has 1 heteroatoms. The lowest BCUT2D eigenvalue weighted by Gasteiger charge is -2.36. The Morgan fingerprint density at radius 1 is 1.17 bits per heavy atom. The molecule has 3 atom stereocenters. The van der Waals surface area contributed by atoms with E-state index >= 15 is 0 Å². The van der Waals surface area contributed by atoms with Crippen molar-refractivity contribution in [1.82, 2.24) is 5.32 Å². The van der Waals surface area contributed by atoms with Gasteiger partial charge >= 0.3 is 0 Å². The molecular weight excluding hydrogens is 218 g/mol. The van der Waals surface area contributed by atoms with Crippen molar-refractivity contribution in [2.24, 2.45) is 17.8 Å². The van der Waals surface area contributed by atoms with Gasteiger partial charge in [-0.2, -0.15) is 0 Å². The molecule has 0 bridgehead atoms. The lowest BCUT2D eigenvalue weighted by molar-refractivity contribution is 0.161. The molecule has 2 fully saturated rings. The molecule has 104 valence electrons. The molecular formula is C17H31N. The van der Waals surface area contributed by atoms with Crippen LogP contribution in [0.5, 0.6) is 0 Å². The normalized spacial score (nSPS) is 32.4. The van der Waals surface area contributed by atoms with E-state index in [-0.39, 0.29) is 0 Å². The number of hydrogen-bond donors (Lipinski definition) is 1. The monoisotopic (exact) mass is 249 g/mol. The standard InChI is InChI=1S/C17H31N/c1-3-5-6-7-15-12-14(4-2)8-9-16(15)13-18-17-10-11-17/h3,14-18H,1,4-13H2,2H3.